The molecule has 7 heteroatoms. The third-order valence-electron chi connectivity index (χ3n) is 4.99. The van der Waals surface area contributed by atoms with Gasteiger partial charge in [-0.3, -0.25) is 9.88 Å². The zero-order valence-corrected chi connectivity index (χ0v) is 17.1. The highest BCUT2D eigenvalue weighted by Crippen LogP contribution is 2.25. The lowest BCUT2D eigenvalue weighted by Crippen LogP contribution is -2.41. The number of rotatable bonds is 6. The van der Waals surface area contributed by atoms with Gasteiger partial charge >= 0.3 is 0 Å². The molecular formula is C22H24ClN5O. The van der Waals surface area contributed by atoms with Gasteiger partial charge in [0.05, 0.1) is 19.3 Å². The summed E-state index contributed by atoms with van der Waals surface area (Å²) in [5.41, 5.74) is 3.04. The fourth-order valence-electron chi connectivity index (χ4n) is 3.52. The Kier molecular flexibility index (Phi) is 6.34. The first kappa shape index (κ1) is 19.8. The number of benzene rings is 1. The van der Waals surface area contributed by atoms with Gasteiger partial charge in [0.25, 0.3) is 0 Å². The molecule has 0 aliphatic carbocycles. The average Bonchev–Trinajstić information content (AvgIpc) is 2.76. The summed E-state index contributed by atoms with van der Waals surface area (Å²) in [6, 6.07) is 14.1. The zero-order chi connectivity index (χ0) is 20.1. The number of ether oxygens (including phenoxy) is 1. The van der Waals surface area contributed by atoms with E-state index in [1.807, 2.05) is 37.3 Å². The number of anilines is 1. The summed E-state index contributed by atoms with van der Waals surface area (Å²) in [6.45, 7) is 6.01. The van der Waals surface area contributed by atoms with Crippen LogP contribution in [0, 0.1) is 6.92 Å². The van der Waals surface area contributed by atoms with Crippen LogP contribution >= 0.6 is 11.6 Å². The fourth-order valence-corrected chi connectivity index (χ4v) is 3.64. The summed E-state index contributed by atoms with van der Waals surface area (Å²) >= 11 is 6.10. The highest BCUT2D eigenvalue weighted by Gasteiger charge is 2.22. The van der Waals surface area contributed by atoms with Crippen LogP contribution in [0.1, 0.15) is 17.3 Å². The van der Waals surface area contributed by atoms with Gasteiger partial charge in [-0.2, -0.15) is 0 Å². The smallest absolute Gasteiger partial charge is 0.163 e. The molecule has 0 amide bonds. The van der Waals surface area contributed by atoms with Crippen molar-refractivity contribution in [3.63, 3.8) is 0 Å². The molecule has 0 radical (unpaired) electrons. The first-order valence-electron chi connectivity index (χ1n) is 9.76. The lowest BCUT2D eigenvalue weighted by atomic mass is 10.0. The molecule has 1 saturated heterocycles. The number of pyridine rings is 1. The largest absolute Gasteiger partial charge is 0.379 e. The summed E-state index contributed by atoms with van der Waals surface area (Å²) in [5, 5.41) is 4.26. The van der Waals surface area contributed by atoms with Crippen LogP contribution in [-0.4, -0.2) is 52.7 Å². The molecule has 1 atom stereocenters. The van der Waals surface area contributed by atoms with E-state index in [1.54, 1.807) is 12.4 Å². The standard InChI is InChI=1S/C22H24ClN5O/c1-16-13-21(27-22(26-16)18-3-2-8-24-14-18)25-15-20(28-9-11-29-12-10-28)17-4-6-19(23)7-5-17/h2-8,13-14,20H,9-12,15H2,1H3,(H,25,26,27). The van der Waals surface area contributed by atoms with Crippen molar-refractivity contribution in [1.29, 1.82) is 0 Å². The molecule has 2 aromatic heterocycles. The van der Waals surface area contributed by atoms with Crippen molar-refractivity contribution in [2.24, 2.45) is 0 Å². The second-order valence-electron chi connectivity index (χ2n) is 7.06. The van der Waals surface area contributed by atoms with Gasteiger partial charge in [0, 0.05) is 54.4 Å². The lowest BCUT2D eigenvalue weighted by Gasteiger charge is -2.35. The fraction of sp³-hybridized carbons (Fsp3) is 0.318. The van der Waals surface area contributed by atoms with E-state index in [1.165, 1.54) is 5.56 Å². The predicted octanol–water partition coefficient (Wildman–Crippen LogP) is 3.99. The first-order valence-corrected chi connectivity index (χ1v) is 10.1. The average molecular weight is 410 g/mol. The highest BCUT2D eigenvalue weighted by molar-refractivity contribution is 6.30. The number of nitrogens with one attached hydrogen (secondary N) is 1. The van der Waals surface area contributed by atoms with Crippen LogP contribution in [0.4, 0.5) is 5.82 Å². The summed E-state index contributed by atoms with van der Waals surface area (Å²) in [5.74, 6) is 1.48. The van der Waals surface area contributed by atoms with E-state index >= 15 is 0 Å². The number of nitrogens with zero attached hydrogens (tertiary/aromatic N) is 4. The molecule has 1 N–H and O–H groups in total. The molecule has 0 saturated carbocycles. The van der Waals surface area contributed by atoms with Crippen LogP contribution in [-0.2, 0) is 4.74 Å². The maximum absolute atomic E-state index is 6.10. The molecule has 1 aliphatic heterocycles. The summed E-state index contributed by atoms with van der Waals surface area (Å²) < 4.78 is 5.54. The molecule has 3 aromatic rings. The van der Waals surface area contributed by atoms with Crippen molar-refractivity contribution in [3.05, 3.63) is 71.1 Å². The summed E-state index contributed by atoms with van der Waals surface area (Å²) in [6.07, 6.45) is 3.53. The molecule has 1 fully saturated rings. The van der Waals surface area contributed by atoms with Crippen molar-refractivity contribution in [3.8, 4) is 11.4 Å². The third kappa shape index (κ3) is 5.09. The minimum Gasteiger partial charge on any atom is -0.379 e. The van der Waals surface area contributed by atoms with E-state index in [-0.39, 0.29) is 6.04 Å². The maximum atomic E-state index is 6.10. The van der Waals surface area contributed by atoms with E-state index in [0.717, 1.165) is 54.9 Å². The molecule has 6 nitrogen and oxygen atoms in total. The molecule has 29 heavy (non-hydrogen) atoms. The normalized spacial score (nSPS) is 15.8. The second-order valence-corrected chi connectivity index (χ2v) is 7.49. The quantitative estimate of drug-likeness (QED) is 0.664. The van der Waals surface area contributed by atoms with Crippen LogP contribution in [0.3, 0.4) is 0 Å². The highest BCUT2D eigenvalue weighted by atomic mass is 35.5. The molecule has 1 unspecified atom stereocenters. The Bertz CT molecular complexity index is 930. The minimum absolute atomic E-state index is 0.202. The van der Waals surface area contributed by atoms with E-state index in [2.05, 4.69) is 32.3 Å². The number of aromatic nitrogens is 3. The van der Waals surface area contributed by atoms with Crippen LogP contribution in [0.2, 0.25) is 5.02 Å². The Hall–Kier alpha value is -2.54. The minimum atomic E-state index is 0.202. The number of morpholine rings is 1. The third-order valence-corrected chi connectivity index (χ3v) is 5.24. The number of hydrogen-bond acceptors (Lipinski definition) is 6. The number of halogens is 1. The van der Waals surface area contributed by atoms with E-state index in [4.69, 9.17) is 21.3 Å². The van der Waals surface area contributed by atoms with Gasteiger partial charge in [-0.1, -0.05) is 23.7 Å². The van der Waals surface area contributed by atoms with Crippen molar-refractivity contribution < 1.29 is 4.74 Å². The topological polar surface area (TPSA) is 63.2 Å². The zero-order valence-electron chi connectivity index (χ0n) is 16.4. The molecule has 0 spiro atoms. The van der Waals surface area contributed by atoms with Crippen molar-refractivity contribution in [2.75, 3.05) is 38.2 Å². The van der Waals surface area contributed by atoms with Gasteiger partial charge in [0.1, 0.15) is 5.82 Å². The Morgan fingerprint density at radius 3 is 2.66 bits per heavy atom. The molecular weight excluding hydrogens is 386 g/mol. The predicted molar refractivity (Wildman–Crippen MR) is 115 cm³/mol. The summed E-state index contributed by atoms with van der Waals surface area (Å²) in [7, 11) is 0. The maximum Gasteiger partial charge on any atom is 0.163 e. The second kappa shape index (κ2) is 9.31. The van der Waals surface area contributed by atoms with E-state index in [0.29, 0.717) is 5.82 Å². The molecule has 0 bridgehead atoms. The van der Waals surface area contributed by atoms with Gasteiger partial charge in [0.15, 0.2) is 5.82 Å². The van der Waals surface area contributed by atoms with E-state index < -0.39 is 0 Å². The Labute approximate surface area is 175 Å². The van der Waals surface area contributed by atoms with Gasteiger partial charge < -0.3 is 10.1 Å². The first-order chi connectivity index (χ1) is 14.2. The van der Waals surface area contributed by atoms with Crippen molar-refractivity contribution in [2.45, 2.75) is 13.0 Å². The number of hydrogen-bond donors (Lipinski definition) is 1. The Morgan fingerprint density at radius 2 is 1.93 bits per heavy atom. The summed E-state index contributed by atoms with van der Waals surface area (Å²) in [4.78, 5) is 15.9. The molecule has 1 aliphatic rings. The van der Waals surface area contributed by atoms with Crippen LogP contribution in [0.25, 0.3) is 11.4 Å². The van der Waals surface area contributed by atoms with Crippen molar-refractivity contribution >= 4 is 17.4 Å². The van der Waals surface area contributed by atoms with E-state index in [9.17, 15) is 0 Å². The van der Waals surface area contributed by atoms with Crippen LogP contribution < -0.4 is 5.32 Å². The van der Waals surface area contributed by atoms with Crippen LogP contribution in [0.5, 0.6) is 0 Å². The van der Waals surface area contributed by atoms with Gasteiger partial charge in [0.2, 0.25) is 0 Å². The molecule has 4 rings (SSSR count). The van der Waals surface area contributed by atoms with Crippen molar-refractivity contribution in [1.82, 2.24) is 19.9 Å². The molecule has 3 heterocycles. The van der Waals surface area contributed by atoms with Gasteiger partial charge in [-0.25, -0.2) is 9.97 Å². The number of aryl methyl sites for hydroxylation is 1. The Morgan fingerprint density at radius 1 is 1.14 bits per heavy atom. The molecule has 150 valence electrons. The molecule has 1 aromatic carbocycles. The van der Waals surface area contributed by atoms with Gasteiger partial charge in [-0.15, -0.1) is 0 Å². The Balaban J connectivity index is 1.55. The monoisotopic (exact) mass is 409 g/mol. The SMILES string of the molecule is Cc1cc(NCC(c2ccc(Cl)cc2)N2CCOCC2)nc(-c2cccnc2)n1. The lowest BCUT2D eigenvalue weighted by molar-refractivity contribution is 0.0187. The van der Waals surface area contributed by atoms with Crippen LogP contribution in [0.15, 0.2) is 54.9 Å². The van der Waals surface area contributed by atoms with Gasteiger partial charge in [-0.05, 0) is 36.8 Å².